The summed E-state index contributed by atoms with van der Waals surface area (Å²) in [6, 6.07) is 6.63. The molecule has 1 atom stereocenters. The minimum absolute atomic E-state index is 0.238. The van der Waals surface area contributed by atoms with Crippen LogP contribution >= 0.6 is 0 Å². The monoisotopic (exact) mass is 275 g/mol. The Kier molecular flexibility index (Phi) is 4.81. The van der Waals surface area contributed by atoms with Gasteiger partial charge < -0.3 is 10.6 Å². The van der Waals surface area contributed by atoms with Gasteiger partial charge in [0.15, 0.2) is 5.82 Å². The van der Waals surface area contributed by atoms with Gasteiger partial charge in [-0.3, -0.25) is 0 Å². The smallest absolute Gasteiger partial charge is 0.244 e. The zero-order valence-electron chi connectivity index (χ0n) is 11.6. The summed E-state index contributed by atoms with van der Waals surface area (Å²) >= 11 is 0. The Hall–Kier alpha value is -2.24. The quantitative estimate of drug-likeness (QED) is 0.848. The fourth-order valence-corrected chi connectivity index (χ4v) is 1.57. The summed E-state index contributed by atoms with van der Waals surface area (Å²) in [4.78, 5) is 4.32. The second-order valence-corrected chi connectivity index (χ2v) is 4.60. The SMILES string of the molecule is CCC(C)Nc1nncc(NCc2ccc(F)cc2)n1. The molecule has 0 spiro atoms. The molecule has 0 saturated heterocycles. The molecule has 1 aromatic heterocycles. The summed E-state index contributed by atoms with van der Waals surface area (Å²) in [6.07, 6.45) is 2.54. The number of anilines is 2. The second-order valence-electron chi connectivity index (χ2n) is 4.60. The van der Waals surface area contributed by atoms with Crippen LogP contribution in [0.4, 0.5) is 16.2 Å². The summed E-state index contributed by atoms with van der Waals surface area (Å²) in [5, 5.41) is 14.1. The molecular weight excluding hydrogens is 257 g/mol. The Morgan fingerprint density at radius 2 is 2.00 bits per heavy atom. The maximum absolute atomic E-state index is 12.8. The number of rotatable bonds is 6. The standard InChI is InChI=1S/C14H18FN5/c1-3-10(2)18-14-19-13(9-17-20-14)16-8-11-4-6-12(15)7-5-11/h4-7,9-10H,3,8H2,1-2H3,(H2,16,18,19,20). The molecule has 20 heavy (non-hydrogen) atoms. The molecule has 2 N–H and O–H groups in total. The first-order valence-corrected chi connectivity index (χ1v) is 6.62. The largest absolute Gasteiger partial charge is 0.365 e. The van der Waals surface area contributed by atoms with E-state index in [1.807, 2.05) is 0 Å². The predicted molar refractivity (Wildman–Crippen MR) is 76.9 cm³/mol. The lowest BCUT2D eigenvalue weighted by molar-refractivity contribution is 0.627. The molecule has 1 aromatic carbocycles. The topological polar surface area (TPSA) is 62.7 Å². The van der Waals surface area contributed by atoms with Crippen LogP contribution in [0.15, 0.2) is 30.5 Å². The Balaban J connectivity index is 1.95. The van der Waals surface area contributed by atoms with Crippen LogP contribution in [-0.4, -0.2) is 21.2 Å². The Labute approximate surface area is 117 Å². The van der Waals surface area contributed by atoms with Gasteiger partial charge in [0.1, 0.15) is 5.82 Å². The van der Waals surface area contributed by atoms with Crippen molar-refractivity contribution in [3.05, 3.63) is 41.8 Å². The van der Waals surface area contributed by atoms with Gasteiger partial charge in [0, 0.05) is 12.6 Å². The molecule has 0 saturated carbocycles. The van der Waals surface area contributed by atoms with Crippen molar-refractivity contribution in [1.29, 1.82) is 0 Å². The lowest BCUT2D eigenvalue weighted by atomic mass is 10.2. The average Bonchev–Trinajstić information content (AvgIpc) is 2.47. The highest BCUT2D eigenvalue weighted by molar-refractivity contribution is 5.38. The first-order valence-electron chi connectivity index (χ1n) is 6.62. The van der Waals surface area contributed by atoms with Crippen molar-refractivity contribution in [3.63, 3.8) is 0 Å². The number of halogens is 1. The Morgan fingerprint density at radius 1 is 1.25 bits per heavy atom. The van der Waals surface area contributed by atoms with Gasteiger partial charge >= 0.3 is 0 Å². The number of hydrogen-bond donors (Lipinski definition) is 2. The first kappa shape index (κ1) is 14.2. The van der Waals surface area contributed by atoms with E-state index in [9.17, 15) is 4.39 Å². The molecule has 0 bridgehead atoms. The molecule has 2 aromatic rings. The minimum atomic E-state index is -0.238. The van der Waals surface area contributed by atoms with E-state index in [0.717, 1.165) is 12.0 Å². The zero-order valence-corrected chi connectivity index (χ0v) is 11.6. The van der Waals surface area contributed by atoms with E-state index >= 15 is 0 Å². The van der Waals surface area contributed by atoms with E-state index < -0.39 is 0 Å². The van der Waals surface area contributed by atoms with E-state index in [1.54, 1.807) is 18.3 Å². The van der Waals surface area contributed by atoms with Crippen molar-refractivity contribution in [2.45, 2.75) is 32.9 Å². The van der Waals surface area contributed by atoms with Gasteiger partial charge in [0.25, 0.3) is 0 Å². The number of aromatic nitrogens is 3. The highest BCUT2D eigenvalue weighted by Crippen LogP contribution is 2.09. The molecule has 2 rings (SSSR count). The van der Waals surface area contributed by atoms with Crippen molar-refractivity contribution in [2.24, 2.45) is 0 Å². The van der Waals surface area contributed by atoms with Crippen LogP contribution in [-0.2, 0) is 6.54 Å². The maximum Gasteiger partial charge on any atom is 0.244 e. The van der Waals surface area contributed by atoms with Crippen molar-refractivity contribution < 1.29 is 4.39 Å². The van der Waals surface area contributed by atoms with Gasteiger partial charge in [-0.25, -0.2) is 4.39 Å². The van der Waals surface area contributed by atoms with Crippen LogP contribution in [0.1, 0.15) is 25.8 Å². The summed E-state index contributed by atoms with van der Waals surface area (Å²) < 4.78 is 12.8. The lowest BCUT2D eigenvalue weighted by Crippen LogP contribution is -2.16. The van der Waals surface area contributed by atoms with E-state index in [2.05, 4.69) is 39.7 Å². The van der Waals surface area contributed by atoms with Gasteiger partial charge in [0.05, 0.1) is 6.20 Å². The van der Waals surface area contributed by atoms with Crippen LogP contribution in [0.3, 0.4) is 0 Å². The highest BCUT2D eigenvalue weighted by Gasteiger charge is 2.03. The number of nitrogens with one attached hydrogen (secondary N) is 2. The molecule has 6 heteroatoms. The molecule has 0 aliphatic heterocycles. The molecule has 106 valence electrons. The van der Waals surface area contributed by atoms with Gasteiger partial charge in [-0.2, -0.15) is 10.1 Å². The number of nitrogens with zero attached hydrogens (tertiary/aromatic N) is 3. The van der Waals surface area contributed by atoms with Gasteiger partial charge in [-0.1, -0.05) is 19.1 Å². The number of benzene rings is 1. The van der Waals surface area contributed by atoms with Crippen LogP contribution in [0.5, 0.6) is 0 Å². The molecular formula is C14H18FN5. The van der Waals surface area contributed by atoms with Crippen LogP contribution in [0.25, 0.3) is 0 Å². The van der Waals surface area contributed by atoms with Crippen LogP contribution in [0, 0.1) is 5.82 Å². The zero-order chi connectivity index (χ0) is 14.4. The van der Waals surface area contributed by atoms with Crippen LogP contribution < -0.4 is 10.6 Å². The normalized spacial score (nSPS) is 11.9. The summed E-state index contributed by atoms with van der Waals surface area (Å²) in [6.45, 7) is 4.70. The van der Waals surface area contributed by atoms with Gasteiger partial charge in [0.2, 0.25) is 5.95 Å². The minimum Gasteiger partial charge on any atom is -0.365 e. The molecule has 5 nitrogen and oxygen atoms in total. The third-order valence-corrected chi connectivity index (χ3v) is 2.93. The second kappa shape index (κ2) is 6.79. The average molecular weight is 275 g/mol. The fraction of sp³-hybridized carbons (Fsp3) is 0.357. The predicted octanol–water partition coefficient (Wildman–Crippen LogP) is 2.83. The molecule has 1 heterocycles. The van der Waals surface area contributed by atoms with Crippen LogP contribution in [0.2, 0.25) is 0 Å². The Bertz CT molecular complexity index is 544. The molecule has 0 amide bonds. The third kappa shape index (κ3) is 4.15. The van der Waals surface area contributed by atoms with E-state index in [1.165, 1.54) is 12.1 Å². The van der Waals surface area contributed by atoms with E-state index in [4.69, 9.17) is 0 Å². The summed E-state index contributed by atoms with van der Waals surface area (Å²) in [7, 11) is 0. The highest BCUT2D eigenvalue weighted by atomic mass is 19.1. The van der Waals surface area contributed by atoms with Crippen molar-refractivity contribution in [2.75, 3.05) is 10.6 Å². The van der Waals surface area contributed by atoms with E-state index in [-0.39, 0.29) is 5.82 Å². The molecule has 0 fully saturated rings. The first-order chi connectivity index (χ1) is 9.67. The fourth-order valence-electron chi connectivity index (χ4n) is 1.57. The van der Waals surface area contributed by atoms with Crippen molar-refractivity contribution in [3.8, 4) is 0 Å². The van der Waals surface area contributed by atoms with Gasteiger partial charge in [-0.15, -0.1) is 5.10 Å². The molecule has 0 radical (unpaired) electrons. The van der Waals surface area contributed by atoms with Gasteiger partial charge in [-0.05, 0) is 31.0 Å². The van der Waals surface area contributed by atoms with E-state index in [0.29, 0.717) is 24.4 Å². The molecule has 0 aliphatic carbocycles. The molecule has 0 aliphatic rings. The summed E-state index contributed by atoms with van der Waals surface area (Å²) in [5.74, 6) is 0.899. The Morgan fingerprint density at radius 3 is 2.70 bits per heavy atom. The van der Waals surface area contributed by atoms with Crippen molar-refractivity contribution in [1.82, 2.24) is 15.2 Å². The summed E-state index contributed by atoms with van der Waals surface area (Å²) in [5.41, 5.74) is 0.974. The van der Waals surface area contributed by atoms with Crippen molar-refractivity contribution >= 4 is 11.8 Å². The lowest BCUT2D eigenvalue weighted by Gasteiger charge is -2.11. The number of hydrogen-bond acceptors (Lipinski definition) is 5. The molecule has 1 unspecified atom stereocenters. The third-order valence-electron chi connectivity index (χ3n) is 2.93. The maximum atomic E-state index is 12.8.